The molecular formula is C4H5ClN2O3. The molecule has 5 nitrogen and oxygen atoms in total. The number of oxime groups is 1. The summed E-state index contributed by atoms with van der Waals surface area (Å²) < 4.78 is 0. The van der Waals surface area contributed by atoms with Crippen molar-refractivity contribution < 1.29 is 9.76 Å². The molecular weight excluding hydrogens is 160 g/mol. The molecule has 0 aromatic heterocycles. The minimum Gasteiger partial charge on any atom is -0.358 e. The molecule has 0 saturated heterocycles. The van der Waals surface area contributed by atoms with Gasteiger partial charge in [0.15, 0.2) is 11.8 Å². The summed E-state index contributed by atoms with van der Waals surface area (Å²) in [6.45, 7) is 0.222. The molecule has 0 amide bonds. The number of halogens is 1. The molecule has 0 aromatic rings. The fraction of sp³-hybridized carbons (Fsp3) is 0.750. The molecule has 6 heteroatoms. The summed E-state index contributed by atoms with van der Waals surface area (Å²) in [5, 5.41) is 13.3. The Morgan fingerprint density at radius 2 is 2.70 bits per heavy atom. The van der Waals surface area contributed by atoms with Crippen molar-refractivity contribution in [2.45, 2.75) is 0 Å². The molecule has 0 aromatic carbocycles. The maximum atomic E-state index is 10.1. The van der Waals surface area contributed by atoms with Crippen molar-refractivity contribution in [1.29, 1.82) is 0 Å². The molecule has 0 saturated carbocycles. The minimum atomic E-state index is -0.569. The van der Waals surface area contributed by atoms with Gasteiger partial charge in [-0.15, -0.1) is 11.6 Å². The third-order valence-electron chi connectivity index (χ3n) is 1.17. The lowest BCUT2D eigenvalue weighted by Crippen LogP contribution is -2.22. The van der Waals surface area contributed by atoms with E-state index in [-0.39, 0.29) is 24.2 Å². The lowest BCUT2D eigenvalue weighted by molar-refractivity contribution is -0.355. The van der Waals surface area contributed by atoms with E-state index in [4.69, 9.17) is 11.6 Å². The molecule has 1 aliphatic rings. The molecule has 0 bridgehead atoms. The van der Waals surface area contributed by atoms with Gasteiger partial charge < -0.3 is 10.1 Å². The van der Waals surface area contributed by atoms with Crippen LogP contribution in [-0.4, -0.2) is 23.2 Å². The lowest BCUT2D eigenvalue weighted by atomic mass is 10.2. The van der Waals surface area contributed by atoms with Crippen molar-refractivity contribution in [1.82, 2.24) is 0 Å². The number of amidine groups is 1. The van der Waals surface area contributed by atoms with E-state index in [2.05, 4.69) is 9.99 Å². The van der Waals surface area contributed by atoms with Crippen LogP contribution in [0.25, 0.3) is 0 Å². The van der Waals surface area contributed by atoms with Crippen LogP contribution in [0.1, 0.15) is 0 Å². The van der Waals surface area contributed by atoms with Crippen LogP contribution in [0.15, 0.2) is 5.16 Å². The molecule has 0 aliphatic carbocycles. The van der Waals surface area contributed by atoms with Gasteiger partial charge >= 0.3 is 5.84 Å². The summed E-state index contributed by atoms with van der Waals surface area (Å²) >= 11 is 5.38. The number of nitrogens with zero attached hydrogens (tertiary/aromatic N) is 2. The first kappa shape index (κ1) is 7.27. The number of rotatable bonds is 1. The van der Waals surface area contributed by atoms with Gasteiger partial charge in [0.05, 0.1) is 0 Å². The number of alkyl halides is 1. The summed E-state index contributed by atoms with van der Waals surface area (Å²) in [6, 6.07) is 0. The van der Waals surface area contributed by atoms with Crippen molar-refractivity contribution in [3.8, 4) is 0 Å². The van der Waals surface area contributed by atoms with Crippen LogP contribution in [0.4, 0.5) is 0 Å². The quantitative estimate of drug-likeness (QED) is 0.321. The minimum absolute atomic E-state index is 0.171. The molecule has 0 radical (unpaired) electrons. The summed E-state index contributed by atoms with van der Waals surface area (Å²) in [6.07, 6.45) is 0. The van der Waals surface area contributed by atoms with Crippen LogP contribution in [0.5, 0.6) is 0 Å². The van der Waals surface area contributed by atoms with Gasteiger partial charge in [-0.1, -0.05) is 0 Å². The standard InChI is InChI=1S/C4H5ClN2O3/c5-1-3-2-10-6-4(3)7(8)9/h3H,1-2H2. The Hall–Kier alpha value is -0.840. The zero-order valence-corrected chi connectivity index (χ0v) is 5.74. The van der Waals surface area contributed by atoms with Crippen molar-refractivity contribution >= 4 is 17.4 Å². The molecule has 56 valence electrons. The highest BCUT2D eigenvalue weighted by molar-refractivity contribution is 6.19. The normalized spacial score (nSPS) is 23.7. The van der Waals surface area contributed by atoms with Crippen LogP contribution >= 0.6 is 11.6 Å². The summed E-state index contributed by atoms with van der Waals surface area (Å²) in [5.74, 6) is -0.341. The second kappa shape index (κ2) is 2.83. The Morgan fingerprint density at radius 1 is 2.00 bits per heavy atom. The summed E-state index contributed by atoms with van der Waals surface area (Å²) in [5.41, 5.74) is 0. The van der Waals surface area contributed by atoms with Crippen molar-refractivity contribution in [2.24, 2.45) is 11.1 Å². The second-order valence-corrected chi connectivity index (χ2v) is 2.16. The Balaban J connectivity index is 2.65. The van der Waals surface area contributed by atoms with Gasteiger partial charge in [0.1, 0.15) is 5.92 Å². The van der Waals surface area contributed by atoms with Crippen LogP contribution in [0.3, 0.4) is 0 Å². The van der Waals surface area contributed by atoms with Gasteiger partial charge in [-0.2, -0.15) is 0 Å². The van der Waals surface area contributed by atoms with E-state index in [9.17, 15) is 10.1 Å². The molecule has 0 spiro atoms. The predicted octanol–water partition coefficient (Wildman–Crippen LogP) is 0.462. The van der Waals surface area contributed by atoms with Gasteiger partial charge in [0.2, 0.25) is 0 Å². The van der Waals surface area contributed by atoms with E-state index in [1.807, 2.05) is 0 Å². The van der Waals surface area contributed by atoms with Crippen molar-refractivity contribution in [2.75, 3.05) is 12.5 Å². The van der Waals surface area contributed by atoms with Crippen LogP contribution in [-0.2, 0) is 4.84 Å². The second-order valence-electron chi connectivity index (χ2n) is 1.85. The third kappa shape index (κ3) is 1.18. The predicted molar refractivity (Wildman–Crippen MR) is 34.6 cm³/mol. The molecule has 1 atom stereocenters. The monoisotopic (exact) mass is 164 g/mol. The zero-order valence-electron chi connectivity index (χ0n) is 4.99. The van der Waals surface area contributed by atoms with Crippen LogP contribution in [0.2, 0.25) is 0 Å². The van der Waals surface area contributed by atoms with Crippen LogP contribution in [0, 0.1) is 16.0 Å². The smallest absolute Gasteiger partial charge is 0.358 e. The summed E-state index contributed by atoms with van der Waals surface area (Å²) in [7, 11) is 0. The highest BCUT2D eigenvalue weighted by Crippen LogP contribution is 2.11. The average molecular weight is 165 g/mol. The fourth-order valence-electron chi connectivity index (χ4n) is 0.638. The Labute approximate surface area is 61.7 Å². The maximum absolute atomic E-state index is 10.1. The van der Waals surface area contributed by atoms with Gasteiger partial charge in [0, 0.05) is 5.88 Å². The van der Waals surface area contributed by atoms with E-state index in [1.54, 1.807) is 0 Å². The van der Waals surface area contributed by atoms with Gasteiger partial charge in [0.25, 0.3) is 0 Å². The van der Waals surface area contributed by atoms with E-state index >= 15 is 0 Å². The number of hydrogen-bond donors (Lipinski definition) is 0. The molecule has 0 N–H and O–H groups in total. The first-order chi connectivity index (χ1) is 4.75. The third-order valence-corrected chi connectivity index (χ3v) is 1.54. The molecule has 1 rings (SSSR count). The topological polar surface area (TPSA) is 64.7 Å². The highest BCUT2D eigenvalue weighted by atomic mass is 35.5. The summed E-state index contributed by atoms with van der Waals surface area (Å²) in [4.78, 5) is 14.0. The number of nitro groups is 1. The van der Waals surface area contributed by atoms with E-state index in [1.165, 1.54) is 0 Å². The Kier molecular flexibility index (Phi) is 2.06. The lowest BCUT2D eigenvalue weighted by Gasteiger charge is -1.96. The SMILES string of the molecule is O=[N+]([O-])C1=NOCC1CCl. The molecule has 1 heterocycles. The van der Waals surface area contributed by atoms with E-state index in [0.717, 1.165) is 0 Å². The van der Waals surface area contributed by atoms with E-state index in [0.29, 0.717) is 0 Å². The average Bonchev–Trinajstić information content (AvgIpc) is 2.33. The van der Waals surface area contributed by atoms with Crippen LogP contribution < -0.4 is 0 Å². The maximum Gasteiger partial charge on any atom is 0.393 e. The Bertz CT molecular complexity index is 181. The highest BCUT2D eigenvalue weighted by Gasteiger charge is 2.33. The molecule has 10 heavy (non-hydrogen) atoms. The fourth-order valence-corrected chi connectivity index (χ4v) is 0.866. The first-order valence-electron chi connectivity index (χ1n) is 2.66. The molecule has 1 aliphatic heterocycles. The Morgan fingerprint density at radius 3 is 3.10 bits per heavy atom. The molecule has 0 fully saturated rings. The van der Waals surface area contributed by atoms with Crippen molar-refractivity contribution in [3.05, 3.63) is 10.1 Å². The largest absolute Gasteiger partial charge is 0.393 e. The van der Waals surface area contributed by atoms with Gasteiger partial charge in [-0.3, -0.25) is 4.84 Å². The van der Waals surface area contributed by atoms with Gasteiger partial charge in [-0.25, -0.2) is 0 Å². The number of hydrogen-bond acceptors (Lipinski definition) is 4. The van der Waals surface area contributed by atoms with E-state index < -0.39 is 4.92 Å². The van der Waals surface area contributed by atoms with Crippen molar-refractivity contribution in [3.63, 3.8) is 0 Å². The zero-order chi connectivity index (χ0) is 7.56. The first-order valence-corrected chi connectivity index (χ1v) is 3.19. The molecule has 1 unspecified atom stereocenters. The van der Waals surface area contributed by atoms with Gasteiger partial charge in [-0.05, 0) is 4.92 Å².